The first-order chi connectivity index (χ1) is 33.5. The number of anilines is 2. The number of nitro benzene ring substituents is 1. The van der Waals surface area contributed by atoms with Crippen LogP contribution in [0.2, 0.25) is 0 Å². The number of aromatic amines is 1. The molecule has 370 valence electrons. The molecule has 1 amide bonds. The van der Waals surface area contributed by atoms with E-state index in [0.29, 0.717) is 54.9 Å². The molecule has 2 aromatic heterocycles. The van der Waals surface area contributed by atoms with Gasteiger partial charge >= 0.3 is 0 Å². The molecule has 5 fully saturated rings. The molecule has 0 bridgehead atoms. The molecule has 70 heavy (non-hydrogen) atoms. The number of H-pyrrole nitrogens is 1. The molecule has 3 aliphatic heterocycles. The minimum Gasteiger partial charge on any atom is -0.489 e. The summed E-state index contributed by atoms with van der Waals surface area (Å²) in [6.45, 7) is 10.2. The molecule has 5 aromatic rings. The maximum absolute atomic E-state index is 15.0. The van der Waals surface area contributed by atoms with Gasteiger partial charge < -0.3 is 29.8 Å². The van der Waals surface area contributed by atoms with E-state index in [4.69, 9.17) is 14.5 Å². The number of rotatable bonds is 12. The Labute approximate surface area is 407 Å². The van der Waals surface area contributed by atoms with Crippen LogP contribution in [0.3, 0.4) is 0 Å². The molecule has 0 unspecified atom stereocenters. The van der Waals surface area contributed by atoms with Gasteiger partial charge in [0.15, 0.2) is 11.4 Å². The van der Waals surface area contributed by atoms with Crippen LogP contribution in [0, 0.1) is 27.3 Å². The molecule has 3 aliphatic carbocycles. The predicted octanol–water partition coefficient (Wildman–Crippen LogP) is 9.87. The summed E-state index contributed by atoms with van der Waals surface area (Å²) in [7, 11) is -4.72. The van der Waals surface area contributed by atoms with Crippen LogP contribution in [0.1, 0.15) is 136 Å². The van der Waals surface area contributed by atoms with Crippen LogP contribution in [0.25, 0.3) is 11.0 Å². The third kappa shape index (κ3) is 8.86. The van der Waals surface area contributed by atoms with E-state index in [0.717, 1.165) is 63.6 Å². The number of likely N-dealkylation sites (tertiary alicyclic amines) is 1. The van der Waals surface area contributed by atoms with Crippen LogP contribution in [-0.2, 0) is 10.0 Å². The topological polar surface area (TPSA) is 192 Å². The van der Waals surface area contributed by atoms with E-state index < -0.39 is 42.9 Å². The number of aromatic nitrogens is 2. The zero-order chi connectivity index (χ0) is 48.7. The molecule has 6 aliphatic rings. The highest BCUT2D eigenvalue weighted by molar-refractivity contribution is 7.90. The monoisotopic (exact) mass is 975 g/mol. The van der Waals surface area contributed by atoms with Crippen LogP contribution >= 0.6 is 0 Å². The standard InChI is InChI=1S/C53H62FN7O8S/c1-31(2)36-7-4-5-8-37(36)38-9-6-10-43(38)60-29-53(30-60)19-21-59(22-20-53)34-13-14-39(45(23-34)69-47-26-40-41(54)27-55-50(40)57-48(47)33-11-12-33)51(62)58-70(66,67)35-24-44(61(64)65)49-46(25-35)68-28-42(56-49)32-15-17-52(3,63)18-16-32/h4-5,7-8,13-14,23-27,31-33,38,42-43,56,63H,6,9-12,15-22,28-30H2,1-3H3,(H,55,57)(H,58,62)/t32-,38-,42-,43-,52-/m1/s1. The molecular weight excluding hydrogens is 914 g/mol. The summed E-state index contributed by atoms with van der Waals surface area (Å²) < 4.78 is 58.0. The second-order valence-electron chi connectivity index (χ2n) is 21.6. The molecule has 3 saturated carbocycles. The Morgan fingerprint density at radius 3 is 2.49 bits per heavy atom. The number of nitro groups is 1. The van der Waals surface area contributed by atoms with Gasteiger partial charge in [-0.1, -0.05) is 44.5 Å². The number of piperidine rings is 1. The molecule has 2 saturated heterocycles. The van der Waals surface area contributed by atoms with Crippen molar-refractivity contribution in [1.29, 1.82) is 0 Å². The number of carbonyl (C=O) groups is 1. The third-order valence-corrected chi connectivity index (χ3v) is 17.8. The molecule has 3 aromatic carbocycles. The van der Waals surface area contributed by atoms with E-state index >= 15 is 4.39 Å². The van der Waals surface area contributed by atoms with Crippen molar-refractivity contribution in [3.8, 4) is 17.2 Å². The minimum absolute atomic E-state index is 0.0185. The van der Waals surface area contributed by atoms with Crippen LogP contribution in [0.5, 0.6) is 17.2 Å². The molecule has 5 heterocycles. The van der Waals surface area contributed by atoms with E-state index in [1.165, 1.54) is 48.7 Å². The summed E-state index contributed by atoms with van der Waals surface area (Å²) in [5.41, 5.74) is 3.67. The smallest absolute Gasteiger partial charge is 0.297 e. The van der Waals surface area contributed by atoms with E-state index in [-0.39, 0.29) is 63.8 Å². The van der Waals surface area contributed by atoms with Crippen LogP contribution < -0.4 is 24.4 Å². The average Bonchev–Trinajstić information content (AvgIpc) is 3.96. The number of hydrogen-bond donors (Lipinski definition) is 4. The van der Waals surface area contributed by atoms with Gasteiger partial charge in [-0.2, -0.15) is 0 Å². The second-order valence-corrected chi connectivity index (χ2v) is 23.3. The third-order valence-electron chi connectivity index (χ3n) is 16.4. The van der Waals surface area contributed by atoms with Crippen LogP contribution in [-0.4, -0.2) is 89.7 Å². The summed E-state index contributed by atoms with van der Waals surface area (Å²) in [5, 5.41) is 26.4. The molecule has 11 rings (SSSR count). The molecule has 1 spiro atoms. The summed E-state index contributed by atoms with van der Waals surface area (Å²) in [5.74, 6) is -0.0206. The lowest BCUT2D eigenvalue weighted by atomic mass is 9.70. The van der Waals surface area contributed by atoms with Crippen LogP contribution in [0.4, 0.5) is 21.5 Å². The summed E-state index contributed by atoms with van der Waals surface area (Å²) in [6.07, 6.45) is 11.2. The van der Waals surface area contributed by atoms with Gasteiger partial charge in [0.25, 0.3) is 21.6 Å². The van der Waals surface area contributed by atoms with Gasteiger partial charge in [0.05, 0.1) is 38.1 Å². The van der Waals surface area contributed by atoms with Crippen molar-refractivity contribution in [2.75, 3.05) is 43.0 Å². The number of aliphatic hydroxyl groups is 1. The molecule has 15 nitrogen and oxygen atoms in total. The van der Waals surface area contributed by atoms with E-state index in [9.17, 15) is 28.4 Å². The number of fused-ring (bicyclic) bond motifs is 2. The highest BCUT2D eigenvalue weighted by atomic mass is 32.2. The SMILES string of the molecule is CC(C)c1ccccc1[C@H]1CCC[C@H]1N1CC2(CCN(c3ccc(C(=O)NS(=O)(=O)c4cc5c(c([N+](=O)[O-])c4)N[C@@H]([C@H]4CC[C@](C)(O)CC4)CO5)c(Oc4cc5c(F)c[nH]c5nc4C4CC4)c3)CC2)C1. The summed E-state index contributed by atoms with van der Waals surface area (Å²) in [4.78, 5) is 38.2. The molecular formula is C53H62FN7O8S. The first-order valence-corrected chi connectivity index (χ1v) is 26.6. The lowest BCUT2D eigenvalue weighted by Crippen LogP contribution is -2.63. The Hall–Kier alpha value is -5.78. The number of amides is 1. The number of hydrogen-bond acceptors (Lipinski definition) is 12. The van der Waals surface area contributed by atoms with E-state index in [1.807, 2.05) is 0 Å². The average molecular weight is 976 g/mol. The second kappa shape index (κ2) is 17.8. The first kappa shape index (κ1) is 46.6. The van der Waals surface area contributed by atoms with Gasteiger partial charge in [-0.15, -0.1) is 0 Å². The predicted molar refractivity (Wildman–Crippen MR) is 264 cm³/mol. The molecule has 4 N–H and O–H groups in total. The largest absolute Gasteiger partial charge is 0.489 e. The Balaban J connectivity index is 0.838. The quantitative estimate of drug-likeness (QED) is 0.0685. The number of nitrogens with one attached hydrogen (secondary N) is 3. The number of halogens is 1. The van der Waals surface area contributed by atoms with Gasteiger partial charge in [0.1, 0.15) is 29.6 Å². The van der Waals surface area contributed by atoms with Gasteiger partial charge in [0.2, 0.25) is 0 Å². The van der Waals surface area contributed by atoms with Crippen molar-refractivity contribution in [2.45, 2.75) is 132 Å². The molecule has 3 atom stereocenters. The number of nitrogens with zero attached hydrogens (tertiary/aromatic N) is 4. The molecule has 17 heteroatoms. The number of ether oxygens (including phenoxy) is 2. The Morgan fingerprint density at radius 2 is 1.76 bits per heavy atom. The highest BCUT2D eigenvalue weighted by Gasteiger charge is 2.50. The fraction of sp³-hybridized carbons (Fsp3) is 0.509. The maximum atomic E-state index is 15.0. The summed E-state index contributed by atoms with van der Waals surface area (Å²) >= 11 is 0. The lowest BCUT2D eigenvalue weighted by Gasteiger charge is -2.57. The van der Waals surface area contributed by atoms with E-state index in [2.05, 4.69) is 62.9 Å². The number of benzene rings is 3. The van der Waals surface area contributed by atoms with E-state index in [1.54, 1.807) is 25.1 Å². The number of pyridine rings is 1. The Kier molecular flexibility index (Phi) is 11.9. The van der Waals surface area contributed by atoms with Crippen LogP contribution in [0.15, 0.2) is 71.8 Å². The normalized spacial score (nSPS) is 25.5. The zero-order valence-electron chi connectivity index (χ0n) is 40.0. The van der Waals surface area contributed by atoms with Crippen molar-refractivity contribution >= 4 is 44.0 Å². The van der Waals surface area contributed by atoms with Crippen molar-refractivity contribution in [1.82, 2.24) is 19.6 Å². The fourth-order valence-corrected chi connectivity index (χ4v) is 13.3. The van der Waals surface area contributed by atoms with Gasteiger partial charge in [-0.3, -0.25) is 19.8 Å². The highest BCUT2D eigenvalue weighted by Crippen LogP contribution is 2.50. The van der Waals surface area contributed by atoms with Crippen molar-refractivity contribution in [3.05, 3.63) is 105 Å². The number of sulfonamides is 1. The van der Waals surface area contributed by atoms with Gasteiger partial charge in [-0.25, -0.2) is 22.5 Å². The maximum Gasteiger partial charge on any atom is 0.297 e. The Morgan fingerprint density at radius 1 is 1.00 bits per heavy atom. The minimum atomic E-state index is -4.72. The van der Waals surface area contributed by atoms with Crippen molar-refractivity contribution in [3.63, 3.8) is 0 Å². The lowest BCUT2D eigenvalue weighted by molar-refractivity contribution is -0.384. The van der Waals surface area contributed by atoms with Crippen molar-refractivity contribution < 1.29 is 37.1 Å². The zero-order valence-corrected chi connectivity index (χ0v) is 40.8. The Bertz CT molecular complexity index is 2970. The fourth-order valence-electron chi connectivity index (χ4n) is 12.3. The molecule has 0 radical (unpaired) electrons. The first-order valence-electron chi connectivity index (χ1n) is 25.1. The summed E-state index contributed by atoms with van der Waals surface area (Å²) in [6, 6.07) is 18.0. The van der Waals surface area contributed by atoms with Gasteiger partial charge in [0, 0.05) is 68.2 Å². The number of carbonyl (C=O) groups excluding carboxylic acids is 1. The van der Waals surface area contributed by atoms with Crippen molar-refractivity contribution in [2.24, 2.45) is 11.3 Å². The van der Waals surface area contributed by atoms with Gasteiger partial charge in [-0.05, 0) is 124 Å².